The van der Waals surface area contributed by atoms with Gasteiger partial charge >= 0.3 is 6.18 Å². The fourth-order valence-corrected chi connectivity index (χ4v) is 3.90. The van der Waals surface area contributed by atoms with Crippen LogP contribution in [0.5, 0.6) is 5.75 Å². The quantitative estimate of drug-likeness (QED) is 0.498. The summed E-state index contributed by atoms with van der Waals surface area (Å²) in [6.07, 6.45) is -1.26. The van der Waals surface area contributed by atoms with Gasteiger partial charge in [-0.25, -0.2) is 19.9 Å². The van der Waals surface area contributed by atoms with Crippen molar-refractivity contribution < 1.29 is 22.7 Å². The number of halogens is 3. The number of alkyl halides is 3. The van der Waals surface area contributed by atoms with Crippen LogP contribution in [0.1, 0.15) is 10.5 Å². The molecule has 1 amide bonds. The van der Waals surface area contributed by atoms with Crippen LogP contribution in [0.2, 0.25) is 0 Å². The molecule has 0 bridgehead atoms. The predicted molar refractivity (Wildman–Crippen MR) is 102 cm³/mol. The molecule has 7 nitrogen and oxygen atoms in total. The SMILES string of the molecule is O=C(Nc1nc2ccc(OCC(F)(F)F)cc2s1)c1csc(-c2ncccn2)n1. The first kappa shape index (κ1) is 19.2. The van der Waals surface area contributed by atoms with Crippen LogP contribution in [-0.4, -0.2) is 38.6 Å². The number of nitrogens with one attached hydrogen (secondary N) is 1. The molecule has 0 saturated heterocycles. The number of aromatic nitrogens is 4. The number of benzene rings is 1. The predicted octanol–water partition coefficient (Wildman–Crippen LogP) is 4.40. The van der Waals surface area contributed by atoms with Crippen molar-refractivity contribution in [3.05, 3.63) is 47.7 Å². The molecule has 0 aliphatic heterocycles. The van der Waals surface area contributed by atoms with E-state index in [1.807, 2.05) is 0 Å². The van der Waals surface area contributed by atoms with Crippen LogP contribution in [-0.2, 0) is 0 Å². The van der Waals surface area contributed by atoms with Gasteiger partial charge in [-0.05, 0) is 24.3 Å². The first-order valence-electron chi connectivity index (χ1n) is 8.02. The van der Waals surface area contributed by atoms with E-state index in [0.29, 0.717) is 26.2 Å². The van der Waals surface area contributed by atoms with Gasteiger partial charge in [-0.2, -0.15) is 13.2 Å². The lowest BCUT2D eigenvalue weighted by atomic mass is 10.3. The van der Waals surface area contributed by atoms with Crippen molar-refractivity contribution in [1.29, 1.82) is 0 Å². The highest BCUT2D eigenvalue weighted by molar-refractivity contribution is 7.22. The molecule has 148 valence electrons. The van der Waals surface area contributed by atoms with E-state index in [0.717, 1.165) is 11.3 Å². The van der Waals surface area contributed by atoms with E-state index >= 15 is 0 Å². The molecule has 3 aromatic heterocycles. The molecule has 0 atom stereocenters. The average molecular weight is 437 g/mol. The van der Waals surface area contributed by atoms with Gasteiger partial charge in [-0.3, -0.25) is 10.1 Å². The van der Waals surface area contributed by atoms with Gasteiger partial charge in [0.25, 0.3) is 5.91 Å². The Morgan fingerprint density at radius 2 is 1.97 bits per heavy atom. The zero-order valence-corrected chi connectivity index (χ0v) is 15.9. The Morgan fingerprint density at radius 1 is 1.17 bits per heavy atom. The van der Waals surface area contributed by atoms with Crippen molar-refractivity contribution in [3.63, 3.8) is 0 Å². The van der Waals surface area contributed by atoms with Crippen molar-refractivity contribution in [1.82, 2.24) is 19.9 Å². The van der Waals surface area contributed by atoms with Crippen molar-refractivity contribution in [3.8, 4) is 16.6 Å². The molecule has 1 N–H and O–H groups in total. The Kier molecular flexibility index (Phi) is 5.11. The number of amides is 1. The molecule has 3 heterocycles. The smallest absolute Gasteiger partial charge is 0.422 e. The van der Waals surface area contributed by atoms with E-state index in [2.05, 4.69) is 25.3 Å². The monoisotopic (exact) mass is 437 g/mol. The number of hydrogen-bond donors (Lipinski definition) is 1. The molecule has 1 aromatic carbocycles. The Hall–Kier alpha value is -3.12. The number of carbonyl (C=O) groups excluding carboxylic acids is 1. The van der Waals surface area contributed by atoms with Crippen molar-refractivity contribution in [2.75, 3.05) is 11.9 Å². The molecule has 0 spiro atoms. The number of hydrogen-bond acceptors (Lipinski definition) is 8. The molecule has 0 radical (unpaired) electrons. The minimum Gasteiger partial charge on any atom is -0.484 e. The summed E-state index contributed by atoms with van der Waals surface area (Å²) in [6, 6.07) is 6.05. The molecule has 0 aliphatic carbocycles. The summed E-state index contributed by atoms with van der Waals surface area (Å²) in [5.41, 5.74) is 0.715. The molecule has 0 fully saturated rings. The Labute approximate surface area is 169 Å². The third kappa shape index (κ3) is 4.66. The first-order chi connectivity index (χ1) is 13.9. The largest absolute Gasteiger partial charge is 0.484 e. The minimum atomic E-state index is -4.42. The van der Waals surface area contributed by atoms with Crippen LogP contribution in [0, 0.1) is 0 Å². The molecule has 0 aliphatic rings. The lowest BCUT2D eigenvalue weighted by Gasteiger charge is -2.08. The second-order valence-corrected chi connectivity index (χ2v) is 7.51. The van der Waals surface area contributed by atoms with Crippen molar-refractivity contribution >= 4 is 43.9 Å². The van der Waals surface area contributed by atoms with Crippen LogP contribution in [0.25, 0.3) is 21.0 Å². The van der Waals surface area contributed by atoms with Crippen molar-refractivity contribution in [2.24, 2.45) is 0 Å². The molecule has 4 aromatic rings. The Morgan fingerprint density at radius 3 is 2.72 bits per heavy atom. The van der Waals surface area contributed by atoms with Crippen LogP contribution >= 0.6 is 22.7 Å². The maximum absolute atomic E-state index is 12.4. The zero-order valence-electron chi connectivity index (χ0n) is 14.3. The highest BCUT2D eigenvalue weighted by Gasteiger charge is 2.28. The highest BCUT2D eigenvalue weighted by atomic mass is 32.1. The standard InChI is InChI=1S/C17H10F3N5O2S2/c18-17(19,20)8-27-9-2-3-10-12(6-9)29-16(24-10)25-14(26)11-7-28-15(23-11)13-21-4-1-5-22-13/h1-7H,8H2,(H,24,25,26). The summed E-state index contributed by atoms with van der Waals surface area (Å²) in [7, 11) is 0. The number of carbonyl (C=O) groups is 1. The number of fused-ring (bicyclic) bond motifs is 1. The number of anilines is 1. The number of ether oxygens (including phenoxy) is 1. The van der Waals surface area contributed by atoms with Gasteiger partial charge in [0.15, 0.2) is 22.6 Å². The fourth-order valence-electron chi connectivity index (χ4n) is 2.26. The van der Waals surface area contributed by atoms with E-state index in [1.165, 1.54) is 29.5 Å². The molecule has 0 unspecified atom stereocenters. The lowest BCUT2D eigenvalue weighted by Crippen LogP contribution is -2.19. The molecule has 4 rings (SSSR count). The summed E-state index contributed by atoms with van der Waals surface area (Å²) in [4.78, 5) is 29.1. The van der Waals surface area contributed by atoms with Crippen LogP contribution < -0.4 is 10.1 Å². The van der Waals surface area contributed by atoms with E-state index in [9.17, 15) is 18.0 Å². The fraction of sp³-hybridized carbons (Fsp3) is 0.118. The number of nitrogens with zero attached hydrogens (tertiary/aromatic N) is 4. The summed E-state index contributed by atoms with van der Waals surface area (Å²) >= 11 is 2.35. The molecule has 29 heavy (non-hydrogen) atoms. The van der Waals surface area contributed by atoms with Crippen LogP contribution in [0.4, 0.5) is 18.3 Å². The third-order valence-electron chi connectivity index (χ3n) is 3.48. The van der Waals surface area contributed by atoms with E-state index in [1.54, 1.807) is 23.8 Å². The first-order valence-corrected chi connectivity index (χ1v) is 9.71. The summed E-state index contributed by atoms with van der Waals surface area (Å²) in [5.74, 6) is 0.0299. The van der Waals surface area contributed by atoms with Gasteiger partial charge in [0.2, 0.25) is 0 Å². The topological polar surface area (TPSA) is 89.9 Å². The highest BCUT2D eigenvalue weighted by Crippen LogP contribution is 2.30. The molecular formula is C17H10F3N5O2S2. The van der Waals surface area contributed by atoms with E-state index in [4.69, 9.17) is 4.74 Å². The van der Waals surface area contributed by atoms with Crippen LogP contribution in [0.15, 0.2) is 42.0 Å². The van der Waals surface area contributed by atoms with Crippen molar-refractivity contribution in [2.45, 2.75) is 6.18 Å². The second-order valence-electron chi connectivity index (χ2n) is 5.62. The summed E-state index contributed by atoms with van der Waals surface area (Å²) in [5, 5.41) is 5.02. The molecule has 0 saturated carbocycles. The van der Waals surface area contributed by atoms with Gasteiger partial charge in [0.1, 0.15) is 11.4 Å². The Balaban J connectivity index is 1.47. The van der Waals surface area contributed by atoms with Gasteiger partial charge in [0, 0.05) is 17.8 Å². The van der Waals surface area contributed by atoms with Gasteiger partial charge in [-0.1, -0.05) is 11.3 Å². The van der Waals surface area contributed by atoms with E-state index < -0.39 is 18.7 Å². The molecule has 12 heteroatoms. The number of thiazole rings is 2. The summed E-state index contributed by atoms with van der Waals surface area (Å²) < 4.78 is 42.1. The van der Waals surface area contributed by atoms with E-state index in [-0.39, 0.29) is 11.4 Å². The van der Waals surface area contributed by atoms with Crippen LogP contribution in [0.3, 0.4) is 0 Å². The summed E-state index contributed by atoms with van der Waals surface area (Å²) in [6.45, 7) is -1.38. The normalized spacial score (nSPS) is 11.6. The second kappa shape index (κ2) is 7.72. The number of rotatable bonds is 5. The zero-order chi connectivity index (χ0) is 20.4. The van der Waals surface area contributed by atoms with Gasteiger partial charge in [0.05, 0.1) is 10.2 Å². The molecular weight excluding hydrogens is 427 g/mol. The average Bonchev–Trinajstić information content (AvgIpc) is 3.33. The maximum Gasteiger partial charge on any atom is 0.422 e. The Bertz CT molecular complexity index is 1160. The lowest BCUT2D eigenvalue weighted by molar-refractivity contribution is -0.153. The van der Waals surface area contributed by atoms with Gasteiger partial charge < -0.3 is 4.74 Å². The third-order valence-corrected chi connectivity index (χ3v) is 5.25. The maximum atomic E-state index is 12.4. The van der Waals surface area contributed by atoms with Gasteiger partial charge in [-0.15, -0.1) is 11.3 Å². The minimum absolute atomic E-state index is 0.0726.